The van der Waals surface area contributed by atoms with Crippen LogP contribution in [0, 0.1) is 11.3 Å². The van der Waals surface area contributed by atoms with Crippen molar-refractivity contribution in [2.24, 2.45) is 7.05 Å². The Kier molecular flexibility index (Phi) is 7.37. The Hall–Kier alpha value is -3.44. The molecule has 1 aliphatic rings. The lowest BCUT2D eigenvalue weighted by molar-refractivity contribution is 0.0895. The molecule has 1 fully saturated rings. The van der Waals surface area contributed by atoms with Crippen LogP contribution in [0.2, 0.25) is 0 Å². The molecule has 4 rings (SSSR count). The van der Waals surface area contributed by atoms with Crippen molar-refractivity contribution in [3.63, 3.8) is 0 Å². The van der Waals surface area contributed by atoms with Gasteiger partial charge >= 0.3 is 5.69 Å². The number of nitrogens with zero attached hydrogens (tertiary/aromatic N) is 6. The lowest BCUT2D eigenvalue weighted by Gasteiger charge is -2.49. The highest BCUT2D eigenvalue weighted by Crippen LogP contribution is 2.35. The number of aryl methyl sites for hydroxylation is 1. The summed E-state index contributed by atoms with van der Waals surface area (Å²) in [6, 6.07) is 14.7. The highest BCUT2D eigenvalue weighted by molar-refractivity contribution is 5.86. The van der Waals surface area contributed by atoms with E-state index in [9.17, 15) is 10.1 Å². The largest absolute Gasteiger partial charge is 0.497 e. The summed E-state index contributed by atoms with van der Waals surface area (Å²) in [7, 11) is 3.38. The smallest absolute Gasteiger partial charge is 0.349 e. The van der Waals surface area contributed by atoms with E-state index in [4.69, 9.17) is 4.74 Å². The minimum atomic E-state index is -0.311. The van der Waals surface area contributed by atoms with Gasteiger partial charge in [0, 0.05) is 38.3 Å². The molecule has 184 valence electrons. The van der Waals surface area contributed by atoms with E-state index >= 15 is 0 Å². The van der Waals surface area contributed by atoms with Gasteiger partial charge in [0.2, 0.25) is 0 Å². The summed E-state index contributed by atoms with van der Waals surface area (Å²) >= 11 is 0. The Balaban J connectivity index is 1.75. The van der Waals surface area contributed by atoms with Crippen molar-refractivity contribution >= 4 is 16.9 Å². The number of fused-ring (bicyclic) bond motifs is 1. The number of piperazine rings is 1. The normalized spacial score (nSPS) is 19.5. The van der Waals surface area contributed by atoms with Crippen LogP contribution in [0.4, 0.5) is 5.82 Å². The molecule has 3 aromatic rings. The number of anilines is 1. The number of aromatic nitrogens is 3. The van der Waals surface area contributed by atoms with Gasteiger partial charge < -0.3 is 9.64 Å². The summed E-state index contributed by atoms with van der Waals surface area (Å²) < 4.78 is 6.86. The van der Waals surface area contributed by atoms with Crippen molar-refractivity contribution < 1.29 is 4.74 Å². The van der Waals surface area contributed by atoms with Crippen LogP contribution < -0.4 is 15.3 Å². The summed E-state index contributed by atoms with van der Waals surface area (Å²) in [6.45, 7) is 8.22. The molecule has 0 radical (unpaired) electrons. The zero-order chi connectivity index (χ0) is 25.1. The third-order valence-corrected chi connectivity index (χ3v) is 7.29. The molecule has 3 atom stereocenters. The van der Waals surface area contributed by atoms with Crippen LogP contribution in [-0.2, 0) is 7.05 Å². The molecular weight excluding hydrogens is 440 g/mol. The molecule has 8 heteroatoms. The van der Waals surface area contributed by atoms with E-state index in [1.54, 1.807) is 26.3 Å². The van der Waals surface area contributed by atoms with Crippen LogP contribution in [0.25, 0.3) is 11.0 Å². The van der Waals surface area contributed by atoms with E-state index in [2.05, 4.69) is 58.7 Å². The third-order valence-electron chi connectivity index (χ3n) is 7.29. The zero-order valence-electron chi connectivity index (χ0n) is 21.2. The fourth-order valence-electron chi connectivity index (χ4n) is 5.29. The quantitative estimate of drug-likeness (QED) is 0.511. The van der Waals surface area contributed by atoms with E-state index in [0.29, 0.717) is 28.6 Å². The number of ether oxygens (including phenoxy) is 1. The number of methoxy groups -OCH3 is 1. The topological polar surface area (TPSA) is 87.3 Å². The summed E-state index contributed by atoms with van der Waals surface area (Å²) in [6.07, 6.45) is 2.88. The van der Waals surface area contributed by atoms with E-state index in [-0.39, 0.29) is 17.8 Å². The highest BCUT2D eigenvalue weighted by atomic mass is 16.5. The maximum Gasteiger partial charge on any atom is 0.349 e. The SMILES string of the molecule is CCC1CN(C(CC)c2ccc(OC)cc2)C(CC)CN1c1nc(=O)n(C)c2ccc(C#N)nc12. The molecule has 0 N–H and O–H groups in total. The highest BCUT2D eigenvalue weighted by Gasteiger charge is 2.37. The molecule has 2 aromatic heterocycles. The van der Waals surface area contributed by atoms with Gasteiger partial charge in [-0.3, -0.25) is 9.47 Å². The first-order valence-electron chi connectivity index (χ1n) is 12.4. The minimum Gasteiger partial charge on any atom is -0.497 e. The number of pyridine rings is 1. The van der Waals surface area contributed by atoms with E-state index < -0.39 is 0 Å². The third kappa shape index (κ3) is 4.61. The van der Waals surface area contributed by atoms with E-state index in [1.807, 2.05) is 12.1 Å². The summed E-state index contributed by atoms with van der Waals surface area (Å²) in [5.41, 5.74) is 2.59. The van der Waals surface area contributed by atoms with E-state index in [0.717, 1.165) is 38.1 Å². The Bertz CT molecular complexity index is 1280. The fourth-order valence-corrected chi connectivity index (χ4v) is 5.29. The molecule has 8 nitrogen and oxygen atoms in total. The average Bonchev–Trinajstić information content (AvgIpc) is 2.90. The number of nitriles is 1. The molecule has 0 bridgehead atoms. The van der Waals surface area contributed by atoms with Crippen LogP contribution in [-0.4, -0.2) is 51.7 Å². The van der Waals surface area contributed by atoms with Gasteiger partial charge in [0.25, 0.3) is 0 Å². The van der Waals surface area contributed by atoms with Crippen molar-refractivity contribution in [2.45, 2.75) is 58.2 Å². The lowest BCUT2D eigenvalue weighted by Crippen LogP contribution is -2.59. The Labute approximate surface area is 206 Å². The van der Waals surface area contributed by atoms with Crippen LogP contribution in [0.1, 0.15) is 57.3 Å². The second-order valence-electron chi connectivity index (χ2n) is 9.12. The Morgan fingerprint density at radius 3 is 2.37 bits per heavy atom. The number of rotatable bonds is 7. The molecule has 0 saturated carbocycles. The molecule has 0 spiro atoms. The number of hydrogen-bond acceptors (Lipinski definition) is 7. The van der Waals surface area contributed by atoms with Gasteiger partial charge in [-0.2, -0.15) is 10.2 Å². The van der Waals surface area contributed by atoms with Gasteiger partial charge in [-0.25, -0.2) is 9.78 Å². The van der Waals surface area contributed by atoms with Crippen molar-refractivity contribution in [3.8, 4) is 11.8 Å². The maximum absolute atomic E-state index is 12.8. The van der Waals surface area contributed by atoms with Crippen LogP contribution in [0.15, 0.2) is 41.2 Å². The second kappa shape index (κ2) is 10.4. The second-order valence-corrected chi connectivity index (χ2v) is 9.12. The average molecular weight is 475 g/mol. The molecule has 1 aromatic carbocycles. The first-order chi connectivity index (χ1) is 16.9. The van der Waals surface area contributed by atoms with Crippen LogP contribution in [0.3, 0.4) is 0 Å². The maximum atomic E-state index is 12.8. The molecule has 35 heavy (non-hydrogen) atoms. The summed E-state index contributed by atoms with van der Waals surface area (Å²) in [4.78, 5) is 26.7. The van der Waals surface area contributed by atoms with Gasteiger partial charge in [0.15, 0.2) is 5.82 Å². The lowest BCUT2D eigenvalue weighted by atomic mass is 9.95. The van der Waals surface area contributed by atoms with Gasteiger partial charge in [-0.15, -0.1) is 0 Å². The van der Waals surface area contributed by atoms with Gasteiger partial charge in [0.05, 0.1) is 12.6 Å². The van der Waals surface area contributed by atoms with Crippen LogP contribution >= 0.6 is 0 Å². The summed E-state index contributed by atoms with van der Waals surface area (Å²) in [5, 5.41) is 9.44. The van der Waals surface area contributed by atoms with Crippen molar-refractivity contribution in [1.29, 1.82) is 5.26 Å². The Morgan fingerprint density at radius 1 is 1.06 bits per heavy atom. The predicted molar refractivity (Wildman–Crippen MR) is 138 cm³/mol. The van der Waals surface area contributed by atoms with Crippen molar-refractivity contribution in [2.75, 3.05) is 25.1 Å². The number of benzene rings is 1. The monoisotopic (exact) mass is 474 g/mol. The molecule has 1 saturated heterocycles. The molecule has 0 amide bonds. The molecular formula is C27H34N6O2. The van der Waals surface area contributed by atoms with Crippen LogP contribution in [0.5, 0.6) is 5.75 Å². The van der Waals surface area contributed by atoms with Gasteiger partial charge in [-0.05, 0) is 49.1 Å². The first kappa shape index (κ1) is 24.7. The van der Waals surface area contributed by atoms with Gasteiger partial charge in [-0.1, -0.05) is 32.9 Å². The predicted octanol–water partition coefficient (Wildman–Crippen LogP) is 4.04. The summed E-state index contributed by atoms with van der Waals surface area (Å²) in [5.74, 6) is 1.45. The number of hydrogen-bond donors (Lipinski definition) is 0. The molecule has 3 unspecified atom stereocenters. The zero-order valence-corrected chi connectivity index (χ0v) is 21.2. The van der Waals surface area contributed by atoms with E-state index in [1.165, 1.54) is 10.1 Å². The molecule has 0 aliphatic carbocycles. The van der Waals surface area contributed by atoms with Crippen molar-refractivity contribution in [1.82, 2.24) is 19.4 Å². The Morgan fingerprint density at radius 2 is 1.77 bits per heavy atom. The molecule has 1 aliphatic heterocycles. The first-order valence-corrected chi connectivity index (χ1v) is 12.4. The standard InChI is InChI=1S/C27H34N6O2/c1-6-20-17-33(26-25-24(31(4)27(34)30-26)14-11-19(15-28)29-25)21(7-2)16-32(20)23(8-3)18-9-12-22(35-5)13-10-18/h9-14,20-21,23H,6-8,16-17H2,1-5H3. The van der Waals surface area contributed by atoms with Crippen molar-refractivity contribution in [3.05, 3.63) is 58.1 Å². The fraction of sp³-hybridized carbons (Fsp3) is 0.481. The minimum absolute atomic E-state index is 0.167. The molecule has 3 heterocycles. The van der Waals surface area contributed by atoms with Gasteiger partial charge in [0.1, 0.15) is 23.0 Å².